The van der Waals surface area contributed by atoms with Gasteiger partial charge in [-0.1, -0.05) is 32.3 Å². The van der Waals surface area contributed by atoms with E-state index in [0.717, 1.165) is 44.8 Å². The van der Waals surface area contributed by atoms with Gasteiger partial charge in [-0.15, -0.1) is 0 Å². The summed E-state index contributed by atoms with van der Waals surface area (Å²) in [7, 11) is 0. The van der Waals surface area contributed by atoms with Crippen LogP contribution in [0.5, 0.6) is 0 Å². The maximum atomic E-state index is 13.9. The van der Waals surface area contributed by atoms with Gasteiger partial charge in [0.2, 0.25) is 0 Å². The zero-order valence-corrected chi connectivity index (χ0v) is 12.4. The second kappa shape index (κ2) is 7.16. The zero-order valence-electron chi connectivity index (χ0n) is 12.4. The van der Waals surface area contributed by atoms with Gasteiger partial charge in [0.25, 0.3) is 0 Å². The van der Waals surface area contributed by atoms with Crippen LogP contribution in [0.3, 0.4) is 0 Å². The zero-order chi connectivity index (χ0) is 14.4. The molecular weight excluding hydrogens is 256 g/mol. The van der Waals surface area contributed by atoms with Crippen LogP contribution in [0.15, 0.2) is 18.2 Å². The van der Waals surface area contributed by atoms with Crippen LogP contribution in [0, 0.1) is 17.0 Å². The van der Waals surface area contributed by atoms with Crippen molar-refractivity contribution in [1.29, 1.82) is 0 Å². The molecule has 0 bridgehead atoms. The van der Waals surface area contributed by atoms with Gasteiger partial charge < -0.3 is 5.32 Å². The molecule has 1 nitrogen and oxygen atoms in total. The molecule has 0 aliphatic heterocycles. The Hall–Kier alpha value is -0.960. The Morgan fingerprint density at radius 2 is 1.90 bits per heavy atom. The molecule has 20 heavy (non-hydrogen) atoms. The van der Waals surface area contributed by atoms with Crippen molar-refractivity contribution in [3.8, 4) is 0 Å². The Balaban J connectivity index is 2.10. The smallest absolute Gasteiger partial charge is 0.129 e. The van der Waals surface area contributed by atoms with Crippen LogP contribution in [-0.2, 0) is 6.42 Å². The number of benzene rings is 1. The predicted octanol–water partition coefficient (Wildman–Crippen LogP) is 4.46. The summed E-state index contributed by atoms with van der Waals surface area (Å²) in [4.78, 5) is 0. The van der Waals surface area contributed by atoms with Crippen molar-refractivity contribution in [2.45, 2.75) is 51.9 Å². The number of hydrogen-bond donors (Lipinski definition) is 1. The Kier molecular flexibility index (Phi) is 5.53. The minimum atomic E-state index is -0.493. The molecule has 0 radical (unpaired) electrons. The second-order valence-electron chi connectivity index (χ2n) is 6.15. The molecule has 2 rings (SSSR count). The van der Waals surface area contributed by atoms with Gasteiger partial charge >= 0.3 is 0 Å². The molecule has 112 valence electrons. The molecule has 3 heteroatoms. The van der Waals surface area contributed by atoms with E-state index in [-0.39, 0.29) is 5.41 Å². The van der Waals surface area contributed by atoms with E-state index in [1.165, 1.54) is 25.3 Å². The van der Waals surface area contributed by atoms with Crippen molar-refractivity contribution < 1.29 is 8.78 Å². The maximum absolute atomic E-state index is 13.9. The molecule has 0 atom stereocenters. The lowest BCUT2D eigenvalue weighted by atomic mass is 9.70. The van der Waals surface area contributed by atoms with E-state index in [1.807, 2.05) is 0 Å². The van der Waals surface area contributed by atoms with Gasteiger partial charge in [-0.2, -0.15) is 0 Å². The molecule has 0 aromatic heterocycles. The van der Waals surface area contributed by atoms with E-state index >= 15 is 0 Å². The molecule has 1 aromatic carbocycles. The number of rotatable bonds is 6. The molecule has 0 amide bonds. The summed E-state index contributed by atoms with van der Waals surface area (Å²) < 4.78 is 26.9. The van der Waals surface area contributed by atoms with Crippen molar-refractivity contribution in [3.05, 3.63) is 35.4 Å². The molecule has 1 saturated carbocycles. The molecule has 0 unspecified atom stereocenters. The largest absolute Gasteiger partial charge is 0.316 e. The molecule has 1 aliphatic rings. The van der Waals surface area contributed by atoms with Crippen LogP contribution < -0.4 is 5.32 Å². The Morgan fingerprint density at radius 1 is 1.15 bits per heavy atom. The summed E-state index contributed by atoms with van der Waals surface area (Å²) in [5.74, 6) is -0.890. The Morgan fingerprint density at radius 3 is 2.55 bits per heavy atom. The van der Waals surface area contributed by atoms with Gasteiger partial charge in [0.15, 0.2) is 0 Å². The first-order chi connectivity index (χ1) is 9.65. The summed E-state index contributed by atoms with van der Waals surface area (Å²) in [6.45, 7) is 4.10. The third-order valence-electron chi connectivity index (χ3n) is 4.42. The minimum Gasteiger partial charge on any atom is -0.316 e. The topological polar surface area (TPSA) is 12.0 Å². The fraction of sp³-hybridized carbons (Fsp3) is 0.647. The average Bonchev–Trinajstić information content (AvgIpc) is 2.44. The molecule has 0 saturated heterocycles. The van der Waals surface area contributed by atoms with Crippen molar-refractivity contribution in [1.82, 2.24) is 5.32 Å². The quantitative estimate of drug-likeness (QED) is 0.759. The van der Waals surface area contributed by atoms with Crippen molar-refractivity contribution in [2.24, 2.45) is 5.41 Å². The third kappa shape index (κ3) is 4.02. The first-order valence-electron chi connectivity index (χ1n) is 7.80. The van der Waals surface area contributed by atoms with Gasteiger partial charge in [0.1, 0.15) is 11.6 Å². The van der Waals surface area contributed by atoms with Crippen LogP contribution in [0.2, 0.25) is 0 Å². The van der Waals surface area contributed by atoms with Crippen molar-refractivity contribution in [2.75, 3.05) is 13.1 Å². The lowest BCUT2D eigenvalue weighted by Gasteiger charge is -2.38. The predicted molar refractivity (Wildman–Crippen MR) is 78.7 cm³/mol. The number of nitrogens with one attached hydrogen (secondary N) is 1. The van der Waals surface area contributed by atoms with E-state index in [0.29, 0.717) is 5.56 Å². The number of halogens is 2. The summed E-state index contributed by atoms with van der Waals surface area (Å²) in [5, 5.41) is 3.50. The van der Waals surface area contributed by atoms with Gasteiger partial charge in [-0.25, -0.2) is 8.78 Å². The molecule has 1 aromatic rings. The van der Waals surface area contributed by atoms with Crippen LogP contribution in [-0.4, -0.2) is 13.1 Å². The number of hydrogen-bond acceptors (Lipinski definition) is 1. The van der Waals surface area contributed by atoms with E-state index in [1.54, 1.807) is 6.07 Å². The van der Waals surface area contributed by atoms with E-state index in [2.05, 4.69) is 12.2 Å². The van der Waals surface area contributed by atoms with Crippen LogP contribution in [0.1, 0.15) is 51.0 Å². The highest BCUT2D eigenvalue weighted by Crippen LogP contribution is 2.39. The normalized spacial score (nSPS) is 18.1. The monoisotopic (exact) mass is 281 g/mol. The van der Waals surface area contributed by atoms with Gasteiger partial charge in [-0.05, 0) is 49.3 Å². The first kappa shape index (κ1) is 15.4. The van der Waals surface area contributed by atoms with Crippen molar-refractivity contribution >= 4 is 0 Å². The van der Waals surface area contributed by atoms with Gasteiger partial charge in [0, 0.05) is 12.6 Å². The third-order valence-corrected chi connectivity index (χ3v) is 4.42. The lowest BCUT2D eigenvalue weighted by Crippen LogP contribution is -2.38. The first-order valence-corrected chi connectivity index (χ1v) is 7.80. The molecule has 0 heterocycles. The minimum absolute atomic E-state index is 0.145. The van der Waals surface area contributed by atoms with Crippen LogP contribution in [0.4, 0.5) is 8.78 Å². The Labute approximate surface area is 120 Å². The van der Waals surface area contributed by atoms with Crippen molar-refractivity contribution in [3.63, 3.8) is 0 Å². The molecule has 1 aliphatic carbocycles. The average molecular weight is 281 g/mol. The molecule has 1 N–H and O–H groups in total. The highest BCUT2D eigenvalue weighted by molar-refractivity contribution is 5.20. The summed E-state index contributed by atoms with van der Waals surface area (Å²) in [6, 6.07) is 3.99. The maximum Gasteiger partial charge on any atom is 0.129 e. The van der Waals surface area contributed by atoms with Crippen LogP contribution in [0.25, 0.3) is 0 Å². The van der Waals surface area contributed by atoms with Gasteiger partial charge in [0.05, 0.1) is 0 Å². The van der Waals surface area contributed by atoms with Gasteiger partial charge in [-0.3, -0.25) is 0 Å². The van der Waals surface area contributed by atoms with E-state index in [4.69, 9.17) is 0 Å². The van der Waals surface area contributed by atoms with E-state index in [9.17, 15) is 8.78 Å². The fourth-order valence-electron chi connectivity index (χ4n) is 3.32. The highest BCUT2D eigenvalue weighted by atomic mass is 19.1. The van der Waals surface area contributed by atoms with E-state index < -0.39 is 11.6 Å². The fourth-order valence-corrected chi connectivity index (χ4v) is 3.32. The molecular formula is C17H25F2N. The summed E-state index contributed by atoms with van der Waals surface area (Å²) in [5.41, 5.74) is 0.804. The van der Waals surface area contributed by atoms with Crippen LogP contribution >= 0.6 is 0 Å². The molecule has 1 fully saturated rings. The standard InChI is InChI=1S/C17H25F2N/c1-2-10-20-13-17(8-4-3-5-9-17)12-14-6-7-15(18)11-16(14)19/h6-7,11,20H,2-5,8-10,12-13H2,1H3. The molecule has 0 spiro atoms. The highest BCUT2D eigenvalue weighted by Gasteiger charge is 2.32. The summed E-state index contributed by atoms with van der Waals surface area (Å²) in [6.07, 6.45) is 7.83. The SMILES string of the molecule is CCCNCC1(Cc2ccc(F)cc2F)CCCCC1. The Bertz CT molecular complexity index is 425. The second-order valence-corrected chi connectivity index (χ2v) is 6.15. The lowest BCUT2D eigenvalue weighted by molar-refractivity contribution is 0.179. The summed E-state index contributed by atoms with van der Waals surface area (Å²) >= 11 is 0.